The average Bonchev–Trinajstić information content (AvgIpc) is 2.97. The molecule has 0 aromatic heterocycles. The topological polar surface area (TPSA) is 29.5 Å². The van der Waals surface area contributed by atoms with Crippen molar-refractivity contribution >= 4 is 11.7 Å². The fourth-order valence-corrected chi connectivity index (χ4v) is 2.99. The highest BCUT2D eigenvalue weighted by molar-refractivity contribution is 5.89. The maximum Gasteiger partial charge on any atom is 0.416 e. The van der Waals surface area contributed by atoms with Crippen LogP contribution in [0.15, 0.2) is 36.4 Å². The van der Waals surface area contributed by atoms with Crippen molar-refractivity contribution in [2.75, 3.05) is 18.6 Å². The second-order valence-corrected chi connectivity index (χ2v) is 5.78. The van der Waals surface area contributed by atoms with Gasteiger partial charge in [0, 0.05) is 24.3 Å². The largest absolute Gasteiger partial charge is 0.465 e. The van der Waals surface area contributed by atoms with Crippen LogP contribution in [0.4, 0.5) is 23.2 Å². The fourth-order valence-electron chi connectivity index (χ4n) is 2.99. The summed E-state index contributed by atoms with van der Waals surface area (Å²) in [7, 11) is 1.17. The minimum Gasteiger partial charge on any atom is -0.465 e. The van der Waals surface area contributed by atoms with E-state index in [4.69, 9.17) is 0 Å². The first kappa shape index (κ1) is 17.3. The first-order chi connectivity index (χ1) is 11.8. The van der Waals surface area contributed by atoms with Gasteiger partial charge < -0.3 is 9.64 Å². The molecule has 0 amide bonds. The highest BCUT2D eigenvalue weighted by Gasteiger charge is 2.32. The van der Waals surface area contributed by atoms with Gasteiger partial charge in [-0.3, -0.25) is 0 Å². The van der Waals surface area contributed by atoms with Crippen molar-refractivity contribution in [3.8, 4) is 0 Å². The molecule has 0 aliphatic carbocycles. The lowest BCUT2D eigenvalue weighted by atomic mass is 10.1. The van der Waals surface area contributed by atoms with Crippen molar-refractivity contribution in [1.29, 1.82) is 0 Å². The van der Waals surface area contributed by atoms with Crippen LogP contribution in [-0.2, 0) is 23.9 Å². The van der Waals surface area contributed by atoms with E-state index in [2.05, 4.69) is 4.74 Å². The van der Waals surface area contributed by atoms with Crippen molar-refractivity contribution in [3.05, 3.63) is 64.5 Å². The van der Waals surface area contributed by atoms with Gasteiger partial charge in [-0.05, 0) is 36.2 Å². The van der Waals surface area contributed by atoms with E-state index < -0.39 is 23.5 Å². The molecule has 2 aromatic rings. The molecule has 1 heterocycles. The molecule has 7 heteroatoms. The van der Waals surface area contributed by atoms with Gasteiger partial charge in [-0.25, -0.2) is 9.18 Å². The predicted octanol–water partition coefficient (Wildman–Crippen LogP) is 4.19. The number of benzene rings is 2. The Balaban J connectivity index is 1.87. The first-order valence-corrected chi connectivity index (χ1v) is 7.62. The summed E-state index contributed by atoms with van der Waals surface area (Å²) in [6.07, 6.45) is -3.93. The van der Waals surface area contributed by atoms with Crippen molar-refractivity contribution < 1.29 is 27.1 Å². The van der Waals surface area contributed by atoms with Gasteiger partial charge in [-0.2, -0.15) is 13.2 Å². The number of carbonyl (C=O) groups is 1. The van der Waals surface area contributed by atoms with Crippen LogP contribution in [0, 0.1) is 5.82 Å². The summed E-state index contributed by atoms with van der Waals surface area (Å²) in [6.45, 7) is 0.646. The molecule has 0 atom stereocenters. The van der Waals surface area contributed by atoms with Gasteiger partial charge in [-0.15, -0.1) is 0 Å². The number of hydrogen-bond donors (Lipinski definition) is 0. The number of ether oxygens (including phenoxy) is 1. The van der Waals surface area contributed by atoms with E-state index in [0.29, 0.717) is 24.2 Å². The Kier molecular flexibility index (Phi) is 4.41. The zero-order valence-corrected chi connectivity index (χ0v) is 13.4. The van der Waals surface area contributed by atoms with Crippen LogP contribution in [-0.4, -0.2) is 19.6 Å². The Morgan fingerprint density at radius 1 is 1.24 bits per heavy atom. The van der Waals surface area contributed by atoms with Crippen LogP contribution < -0.4 is 4.90 Å². The van der Waals surface area contributed by atoms with Crippen molar-refractivity contribution in [2.24, 2.45) is 0 Å². The van der Waals surface area contributed by atoms with Crippen LogP contribution in [0.5, 0.6) is 0 Å². The third kappa shape index (κ3) is 3.31. The summed E-state index contributed by atoms with van der Waals surface area (Å²) in [5.74, 6) is -1.44. The first-order valence-electron chi connectivity index (χ1n) is 7.62. The molecule has 0 saturated heterocycles. The minimum atomic E-state index is -4.39. The molecule has 1 aliphatic rings. The van der Waals surface area contributed by atoms with Crippen LogP contribution in [0.1, 0.15) is 27.0 Å². The molecule has 132 valence electrons. The summed E-state index contributed by atoms with van der Waals surface area (Å²) in [5.41, 5.74) is 0.671. The summed E-state index contributed by atoms with van der Waals surface area (Å²) in [6, 6.07) is 8.00. The molecule has 3 rings (SSSR count). The van der Waals surface area contributed by atoms with E-state index in [-0.39, 0.29) is 17.7 Å². The number of alkyl halides is 3. The number of fused-ring (bicyclic) bond motifs is 1. The van der Waals surface area contributed by atoms with E-state index in [1.165, 1.54) is 19.2 Å². The van der Waals surface area contributed by atoms with Gasteiger partial charge in [0.2, 0.25) is 0 Å². The smallest absolute Gasteiger partial charge is 0.416 e. The highest BCUT2D eigenvalue weighted by Crippen LogP contribution is 2.36. The van der Waals surface area contributed by atoms with Gasteiger partial charge in [0.1, 0.15) is 5.82 Å². The summed E-state index contributed by atoms with van der Waals surface area (Å²) >= 11 is 0. The monoisotopic (exact) mass is 353 g/mol. The molecule has 0 saturated carbocycles. The highest BCUT2D eigenvalue weighted by atomic mass is 19.4. The lowest BCUT2D eigenvalue weighted by Gasteiger charge is -2.20. The number of carbonyl (C=O) groups excluding carboxylic acids is 1. The van der Waals surface area contributed by atoms with E-state index in [0.717, 1.165) is 12.1 Å². The van der Waals surface area contributed by atoms with Crippen molar-refractivity contribution in [1.82, 2.24) is 0 Å². The van der Waals surface area contributed by atoms with Gasteiger partial charge in [0.25, 0.3) is 0 Å². The molecule has 0 fully saturated rings. The zero-order valence-electron chi connectivity index (χ0n) is 13.4. The van der Waals surface area contributed by atoms with E-state index in [9.17, 15) is 22.4 Å². The normalized spacial score (nSPS) is 13.7. The quantitative estimate of drug-likeness (QED) is 0.612. The number of hydrogen-bond acceptors (Lipinski definition) is 3. The Morgan fingerprint density at radius 3 is 2.68 bits per heavy atom. The van der Waals surface area contributed by atoms with Crippen LogP contribution >= 0.6 is 0 Å². The van der Waals surface area contributed by atoms with E-state index in [1.54, 1.807) is 17.0 Å². The fraction of sp³-hybridized carbons (Fsp3) is 0.278. The maximum absolute atomic E-state index is 14.5. The van der Waals surface area contributed by atoms with Gasteiger partial charge in [-0.1, -0.05) is 12.1 Å². The molecule has 1 aliphatic heterocycles. The standard InChI is InChI=1S/C18H15F4NO2/c1-25-17(24)14-4-2-3-12(16(14)19)10-23-8-7-11-9-13(18(20,21)22)5-6-15(11)23/h2-6,9H,7-8,10H2,1H3. The average molecular weight is 353 g/mol. The number of methoxy groups -OCH3 is 1. The Hall–Kier alpha value is -2.57. The Labute approximate surface area is 141 Å². The van der Waals surface area contributed by atoms with Crippen LogP contribution in [0.2, 0.25) is 0 Å². The second kappa shape index (κ2) is 6.38. The number of halogens is 4. The zero-order chi connectivity index (χ0) is 18.2. The van der Waals surface area contributed by atoms with E-state index >= 15 is 0 Å². The molecule has 0 unspecified atom stereocenters. The molecule has 0 N–H and O–H groups in total. The SMILES string of the molecule is COC(=O)c1cccc(CN2CCc3cc(C(F)(F)F)ccc32)c1F. The summed E-state index contributed by atoms with van der Waals surface area (Å²) in [5, 5.41) is 0. The van der Waals surface area contributed by atoms with Crippen LogP contribution in [0.3, 0.4) is 0 Å². The minimum absolute atomic E-state index is 0.160. The molecule has 0 spiro atoms. The van der Waals surface area contributed by atoms with Gasteiger partial charge >= 0.3 is 12.1 Å². The lowest BCUT2D eigenvalue weighted by Crippen LogP contribution is -2.21. The summed E-state index contributed by atoms with van der Waals surface area (Å²) in [4.78, 5) is 13.4. The molecule has 3 nitrogen and oxygen atoms in total. The third-order valence-corrected chi connectivity index (χ3v) is 4.24. The third-order valence-electron chi connectivity index (χ3n) is 4.24. The second-order valence-electron chi connectivity index (χ2n) is 5.78. The summed E-state index contributed by atoms with van der Waals surface area (Å²) < 4.78 is 57.4. The maximum atomic E-state index is 14.5. The lowest BCUT2D eigenvalue weighted by molar-refractivity contribution is -0.137. The number of rotatable bonds is 3. The molecule has 25 heavy (non-hydrogen) atoms. The molecular formula is C18H15F4NO2. The number of esters is 1. The van der Waals surface area contributed by atoms with Gasteiger partial charge in [0.15, 0.2) is 0 Å². The predicted molar refractivity (Wildman–Crippen MR) is 83.9 cm³/mol. The van der Waals surface area contributed by atoms with Crippen LogP contribution in [0.25, 0.3) is 0 Å². The van der Waals surface area contributed by atoms with Crippen molar-refractivity contribution in [3.63, 3.8) is 0 Å². The molecular weight excluding hydrogens is 338 g/mol. The molecule has 0 bridgehead atoms. The molecule has 2 aromatic carbocycles. The molecule has 0 radical (unpaired) electrons. The van der Waals surface area contributed by atoms with E-state index in [1.807, 2.05) is 0 Å². The van der Waals surface area contributed by atoms with Crippen molar-refractivity contribution in [2.45, 2.75) is 19.1 Å². The number of anilines is 1. The Bertz CT molecular complexity index is 817. The van der Waals surface area contributed by atoms with Gasteiger partial charge in [0.05, 0.1) is 18.2 Å². The Morgan fingerprint density at radius 2 is 2.00 bits per heavy atom. The number of nitrogens with zero attached hydrogens (tertiary/aromatic N) is 1.